The van der Waals surface area contributed by atoms with Crippen molar-refractivity contribution in [3.8, 4) is 17.2 Å². The molecule has 172 valence electrons. The molecular formula is C25H23BrO7. The molecule has 0 aliphatic carbocycles. The van der Waals surface area contributed by atoms with Crippen LogP contribution < -0.4 is 14.2 Å². The van der Waals surface area contributed by atoms with Crippen molar-refractivity contribution in [2.75, 3.05) is 33.5 Å². The topological polar surface area (TPSA) is 80.3 Å². The Labute approximate surface area is 200 Å². The van der Waals surface area contributed by atoms with Crippen LogP contribution in [0.25, 0.3) is 0 Å². The van der Waals surface area contributed by atoms with Crippen LogP contribution in [0.2, 0.25) is 0 Å². The molecule has 0 N–H and O–H groups in total. The normalized spacial score (nSPS) is 10.4. The Morgan fingerprint density at radius 2 is 1.45 bits per heavy atom. The van der Waals surface area contributed by atoms with Gasteiger partial charge in [-0.15, -0.1) is 0 Å². The summed E-state index contributed by atoms with van der Waals surface area (Å²) in [6, 6.07) is 20.4. The van der Waals surface area contributed by atoms with E-state index in [4.69, 9.17) is 23.7 Å². The molecule has 0 aliphatic rings. The quantitative estimate of drug-likeness (QED) is 0.204. The molecule has 0 bridgehead atoms. The van der Waals surface area contributed by atoms with Gasteiger partial charge in [-0.3, -0.25) is 0 Å². The van der Waals surface area contributed by atoms with E-state index in [-0.39, 0.29) is 24.5 Å². The second-order valence-electron chi connectivity index (χ2n) is 6.70. The molecule has 8 heteroatoms. The van der Waals surface area contributed by atoms with E-state index in [0.29, 0.717) is 34.7 Å². The van der Waals surface area contributed by atoms with Gasteiger partial charge in [0, 0.05) is 7.11 Å². The highest BCUT2D eigenvalue weighted by Crippen LogP contribution is 2.27. The van der Waals surface area contributed by atoms with Crippen molar-refractivity contribution in [1.82, 2.24) is 0 Å². The van der Waals surface area contributed by atoms with E-state index in [1.807, 2.05) is 30.3 Å². The highest BCUT2D eigenvalue weighted by Gasteiger charge is 2.14. The monoisotopic (exact) mass is 514 g/mol. The molecule has 0 aromatic heterocycles. The van der Waals surface area contributed by atoms with Gasteiger partial charge in [0.05, 0.1) is 22.2 Å². The number of carbonyl (C=O) groups is 2. The molecule has 0 spiro atoms. The van der Waals surface area contributed by atoms with Crippen molar-refractivity contribution in [2.45, 2.75) is 0 Å². The summed E-state index contributed by atoms with van der Waals surface area (Å²) in [6.07, 6.45) is 0. The molecule has 0 amide bonds. The first-order valence-corrected chi connectivity index (χ1v) is 10.9. The Bertz CT molecular complexity index is 1070. The lowest BCUT2D eigenvalue weighted by Crippen LogP contribution is -2.13. The van der Waals surface area contributed by atoms with Gasteiger partial charge in [0.1, 0.15) is 37.1 Å². The van der Waals surface area contributed by atoms with E-state index >= 15 is 0 Å². The number of halogens is 1. The van der Waals surface area contributed by atoms with Crippen LogP contribution >= 0.6 is 15.9 Å². The van der Waals surface area contributed by atoms with Crippen LogP contribution in [-0.4, -0.2) is 45.5 Å². The van der Waals surface area contributed by atoms with E-state index in [1.165, 1.54) is 6.07 Å². The highest BCUT2D eigenvalue weighted by atomic mass is 79.9. The molecule has 0 radical (unpaired) electrons. The van der Waals surface area contributed by atoms with Gasteiger partial charge in [-0.25, -0.2) is 9.59 Å². The molecule has 0 atom stereocenters. The third kappa shape index (κ3) is 7.62. The Morgan fingerprint density at radius 1 is 0.727 bits per heavy atom. The average molecular weight is 515 g/mol. The highest BCUT2D eigenvalue weighted by molar-refractivity contribution is 9.10. The summed E-state index contributed by atoms with van der Waals surface area (Å²) < 4.78 is 27.3. The summed E-state index contributed by atoms with van der Waals surface area (Å²) in [5.74, 6) is 0.408. The van der Waals surface area contributed by atoms with Gasteiger partial charge in [0.2, 0.25) is 0 Å². The maximum absolute atomic E-state index is 12.5. The fourth-order valence-corrected chi connectivity index (χ4v) is 3.22. The SMILES string of the molecule is COCCOc1ccc(C(=O)Oc2cccc(C(=O)OCCOc3ccccc3)c2)cc1Br. The minimum atomic E-state index is -0.569. The standard InChI is InChI=1S/C25H23BrO7/c1-29-12-13-31-23-11-10-19(17-22(23)26)25(28)33-21-9-5-6-18(16-21)24(27)32-15-14-30-20-7-3-2-4-8-20/h2-11,16-17H,12-15H2,1H3. The lowest BCUT2D eigenvalue weighted by atomic mass is 10.2. The second kappa shape index (κ2) is 12.6. The van der Waals surface area contributed by atoms with Gasteiger partial charge in [-0.05, 0) is 64.5 Å². The number of benzene rings is 3. The van der Waals surface area contributed by atoms with Gasteiger partial charge in [-0.2, -0.15) is 0 Å². The summed E-state index contributed by atoms with van der Waals surface area (Å²) in [5.41, 5.74) is 0.593. The van der Waals surface area contributed by atoms with Crippen LogP contribution in [0.3, 0.4) is 0 Å². The minimum absolute atomic E-state index is 0.0879. The van der Waals surface area contributed by atoms with Crippen molar-refractivity contribution in [3.05, 3.63) is 88.4 Å². The fourth-order valence-electron chi connectivity index (χ4n) is 2.73. The zero-order valence-electron chi connectivity index (χ0n) is 18.0. The van der Waals surface area contributed by atoms with Gasteiger partial charge in [-0.1, -0.05) is 24.3 Å². The Morgan fingerprint density at radius 3 is 2.21 bits per heavy atom. The second-order valence-corrected chi connectivity index (χ2v) is 7.56. The van der Waals surface area contributed by atoms with Crippen molar-refractivity contribution in [1.29, 1.82) is 0 Å². The minimum Gasteiger partial charge on any atom is -0.490 e. The summed E-state index contributed by atoms with van der Waals surface area (Å²) in [7, 11) is 1.59. The maximum atomic E-state index is 12.5. The van der Waals surface area contributed by atoms with Crippen LogP contribution in [0.15, 0.2) is 77.3 Å². The fraction of sp³-hybridized carbons (Fsp3) is 0.200. The molecule has 0 unspecified atom stereocenters. The third-order valence-electron chi connectivity index (χ3n) is 4.32. The lowest BCUT2D eigenvalue weighted by molar-refractivity contribution is 0.0449. The number of carbonyl (C=O) groups excluding carboxylic acids is 2. The zero-order chi connectivity index (χ0) is 23.5. The van der Waals surface area contributed by atoms with Gasteiger partial charge >= 0.3 is 11.9 Å². The summed E-state index contributed by atoms with van der Waals surface area (Å²) >= 11 is 3.38. The Hall–Kier alpha value is -3.36. The molecule has 0 saturated carbocycles. The molecule has 3 aromatic rings. The van der Waals surface area contributed by atoms with Crippen LogP contribution in [0, 0.1) is 0 Å². The zero-order valence-corrected chi connectivity index (χ0v) is 19.6. The average Bonchev–Trinajstić information content (AvgIpc) is 2.83. The number of para-hydroxylation sites is 1. The van der Waals surface area contributed by atoms with Gasteiger partial charge < -0.3 is 23.7 Å². The van der Waals surface area contributed by atoms with Crippen molar-refractivity contribution < 1.29 is 33.3 Å². The number of ether oxygens (including phenoxy) is 5. The van der Waals surface area contributed by atoms with Crippen LogP contribution in [0.5, 0.6) is 17.2 Å². The van der Waals surface area contributed by atoms with E-state index in [1.54, 1.807) is 43.5 Å². The summed E-state index contributed by atoms with van der Waals surface area (Å²) in [6.45, 7) is 1.16. The number of hydrogen-bond acceptors (Lipinski definition) is 7. The van der Waals surface area contributed by atoms with Crippen molar-refractivity contribution in [3.63, 3.8) is 0 Å². The van der Waals surface area contributed by atoms with E-state index in [0.717, 1.165) is 0 Å². The Balaban J connectivity index is 1.53. The summed E-state index contributed by atoms with van der Waals surface area (Å²) in [5, 5.41) is 0. The Kier molecular flexibility index (Phi) is 9.29. The number of hydrogen-bond donors (Lipinski definition) is 0. The molecule has 0 heterocycles. The first kappa shape index (κ1) is 24.3. The molecule has 33 heavy (non-hydrogen) atoms. The molecule has 0 fully saturated rings. The van der Waals surface area contributed by atoms with Crippen LogP contribution in [-0.2, 0) is 9.47 Å². The van der Waals surface area contributed by atoms with E-state index in [2.05, 4.69) is 15.9 Å². The van der Waals surface area contributed by atoms with Crippen molar-refractivity contribution >= 4 is 27.9 Å². The molecule has 3 aromatic carbocycles. The molecule has 0 saturated heterocycles. The van der Waals surface area contributed by atoms with Crippen LogP contribution in [0.1, 0.15) is 20.7 Å². The number of methoxy groups -OCH3 is 1. The molecule has 7 nitrogen and oxygen atoms in total. The van der Waals surface area contributed by atoms with Gasteiger partial charge in [0.15, 0.2) is 0 Å². The smallest absolute Gasteiger partial charge is 0.343 e. The summed E-state index contributed by atoms with van der Waals surface area (Å²) in [4.78, 5) is 24.8. The lowest BCUT2D eigenvalue weighted by Gasteiger charge is -2.10. The first-order valence-electron chi connectivity index (χ1n) is 10.2. The molecule has 3 rings (SSSR count). The number of esters is 2. The number of rotatable bonds is 11. The molecule has 0 aliphatic heterocycles. The third-order valence-corrected chi connectivity index (χ3v) is 4.94. The maximum Gasteiger partial charge on any atom is 0.343 e. The van der Waals surface area contributed by atoms with Crippen LogP contribution in [0.4, 0.5) is 0 Å². The predicted octanol–water partition coefficient (Wildman–Crippen LogP) is 4.93. The predicted molar refractivity (Wildman–Crippen MR) is 125 cm³/mol. The first-order chi connectivity index (χ1) is 16.1. The largest absolute Gasteiger partial charge is 0.490 e. The molecular weight excluding hydrogens is 492 g/mol. The van der Waals surface area contributed by atoms with Gasteiger partial charge in [0.25, 0.3) is 0 Å². The van der Waals surface area contributed by atoms with Crippen molar-refractivity contribution in [2.24, 2.45) is 0 Å². The van der Waals surface area contributed by atoms with E-state index in [9.17, 15) is 9.59 Å². The van der Waals surface area contributed by atoms with E-state index < -0.39 is 11.9 Å².